The van der Waals surface area contributed by atoms with E-state index in [1.807, 2.05) is 11.0 Å². The minimum Gasteiger partial charge on any atom is -0.368 e. The van der Waals surface area contributed by atoms with Crippen molar-refractivity contribution in [3.8, 4) is 6.07 Å². The third-order valence-corrected chi connectivity index (χ3v) is 4.05. The van der Waals surface area contributed by atoms with E-state index >= 15 is 0 Å². The van der Waals surface area contributed by atoms with Crippen molar-refractivity contribution in [2.45, 2.75) is 19.1 Å². The standard InChI is InChI=1S/C15H17F3N4O/c1-10(14(20)23)21-4-6-22(7-5-21)13-8-11(9-19)2-3-12(13)15(16,17)18/h2-3,8,10H,4-7H2,1H3,(H2,20,23)/t10-/m1/s1. The molecule has 1 amide bonds. The molecule has 1 aliphatic rings. The second kappa shape index (κ2) is 6.46. The van der Waals surface area contributed by atoms with Crippen LogP contribution >= 0.6 is 0 Å². The number of nitrogens with zero attached hydrogens (tertiary/aromatic N) is 3. The summed E-state index contributed by atoms with van der Waals surface area (Å²) in [6.07, 6.45) is -4.49. The number of nitrogens with two attached hydrogens (primary N) is 1. The zero-order valence-electron chi connectivity index (χ0n) is 12.6. The van der Waals surface area contributed by atoms with Gasteiger partial charge in [0.15, 0.2) is 0 Å². The molecule has 1 aromatic carbocycles. The van der Waals surface area contributed by atoms with E-state index in [4.69, 9.17) is 11.0 Å². The molecule has 0 aliphatic carbocycles. The molecule has 0 saturated carbocycles. The van der Waals surface area contributed by atoms with Gasteiger partial charge in [-0.1, -0.05) is 0 Å². The first-order valence-corrected chi connectivity index (χ1v) is 7.13. The van der Waals surface area contributed by atoms with Crippen LogP contribution in [0.15, 0.2) is 18.2 Å². The van der Waals surface area contributed by atoms with E-state index in [2.05, 4.69) is 0 Å². The lowest BCUT2D eigenvalue weighted by Gasteiger charge is -2.39. The van der Waals surface area contributed by atoms with Gasteiger partial charge in [0.25, 0.3) is 0 Å². The van der Waals surface area contributed by atoms with Gasteiger partial charge in [-0.25, -0.2) is 0 Å². The highest BCUT2D eigenvalue weighted by Gasteiger charge is 2.36. The molecule has 1 heterocycles. The van der Waals surface area contributed by atoms with E-state index in [0.717, 1.165) is 12.1 Å². The summed E-state index contributed by atoms with van der Waals surface area (Å²) in [5.41, 5.74) is 4.68. The highest BCUT2D eigenvalue weighted by molar-refractivity contribution is 5.79. The molecule has 1 atom stereocenters. The van der Waals surface area contributed by atoms with E-state index in [1.54, 1.807) is 11.8 Å². The molecule has 0 radical (unpaired) electrons. The predicted molar refractivity (Wildman–Crippen MR) is 78.6 cm³/mol. The summed E-state index contributed by atoms with van der Waals surface area (Å²) in [7, 11) is 0. The molecule has 2 rings (SSSR count). The third-order valence-electron chi connectivity index (χ3n) is 4.05. The molecule has 1 saturated heterocycles. The van der Waals surface area contributed by atoms with Crippen LogP contribution in [0.2, 0.25) is 0 Å². The van der Waals surface area contributed by atoms with E-state index in [0.29, 0.717) is 26.2 Å². The van der Waals surface area contributed by atoms with Gasteiger partial charge in [-0.05, 0) is 25.1 Å². The maximum Gasteiger partial charge on any atom is 0.418 e. The third kappa shape index (κ3) is 3.74. The zero-order valence-corrected chi connectivity index (χ0v) is 12.6. The van der Waals surface area contributed by atoms with Crippen molar-refractivity contribution in [2.24, 2.45) is 5.73 Å². The van der Waals surface area contributed by atoms with Crippen LogP contribution in [0.1, 0.15) is 18.1 Å². The van der Waals surface area contributed by atoms with E-state index in [-0.39, 0.29) is 11.3 Å². The van der Waals surface area contributed by atoms with Crippen molar-refractivity contribution in [1.29, 1.82) is 5.26 Å². The van der Waals surface area contributed by atoms with Crippen molar-refractivity contribution in [2.75, 3.05) is 31.1 Å². The first-order valence-electron chi connectivity index (χ1n) is 7.13. The Bertz CT molecular complexity index is 631. The summed E-state index contributed by atoms with van der Waals surface area (Å²) >= 11 is 0. The van der Waals surface area contributed by atoms with Gasteiger partial charge in [-0.15, -0.1) is 0 Å². The molecule has 23 heavy (non-hydrogen) atoms. The number of amides is 1. The van der Waals surface area contributed by atoms with Crippen LogP contribution in [-0.4, -0.2) is 43.0 Å². The number of nitriles is 1. The lowest BCUT2D eigenvalue weighted by molar-refractivity contribution is -0.137. The first-order chi connectivity index (χ1) is 10.7. The lowest BCUT2D eigenvalue weighted by Crippen LogP contribution is -2.53. The molecule has 2 N–H and O–H groups in total. The Kier molecular flexibility index (Phi) is 4.80. The van der Waals surface area contributed by atoms with Crippen molar-refractivity contribution in [1.82, 2.24) is 4.90 Å². The molecule has 124 valence electrons. The largest absolute Gasteiger partial charge is 0.418 e. The number of primary amides is 1. The summed E-state index contributed by atoms with van der Waals surface area (Å²) in [4.78, 5) is 14.6. The van der Waals surface area contributed by atoms with Crippen LogP contribution in [0.3, 0.4) is 0 Å². The smallest absolute Gasteiger partial charge is 0.368 e. The molecule has 1 aromatic rings. The number of carbonyl (C=O) groups excluding carboxylic acids is 1. The number of halogens is 3. The van der Waals surface area contributed by atoms with Crippen molar-refractivity contribution in [3.05, 3.63) is 29.3 Å². The molecule has 8 heteroatoms. The van der Waals surface area contributed by atoms with Crippen LogP contribution in [0.25, 0.3) is 0 Å². The number of rotatable bonds is 3. The lowest BCUT2D eigenvalue weighted by atomic mass is 10.1. The minimum atomic E-state index is -4.49. The Balaban J connectivity index is 2.23. The van der Waals surface area contributed by atoms with Crippen LogP contribution in [0.5, 0.6) is 0 Å². The van der Waals surface area contributed by atoms with Gasteiger partial charge in [0.1, 0.15) is 0 Å². The molecule has 0 aromatic heterocycles. The number of alkyl halides is 3. The molecule has 0 spiro atoms. The Morgan fingerprint density at radius 1 is 1.30 bits per heavy atom. The Morgan fingerprint density at radius 2 is 1.91 bits per heavy atom. The Labute approximate surface area is 132 Å². The minimum absolute atomic E-state index is 0.00271. The number of hydrogen-bond donors (Lipinski definition) is 1. The van der Waals surface area contributed by atoms with Gasteiger partial charge in [-0.3, -0.25) is 9.69 Å². The maximum absolute atomic E-state index is 13.2. The molecule has 0 unspecified atom stereocenters. The highest BCUT2D eigenvalue weighted by atomic mass is 19.4. The summed E-state index contributed by atoms with van der Waals surface area (Å²) < 4.78 is 39.5. The van der Waals surface area contributed by atoms with Gasteiger partial charge in [0.2, 0.25) is 5.91 Å². The number of piperazine rings is 1. The first kappa shape index (κ1) is 17.1. The zero-order chi connectivity index (χ0) is 17.2. The Hall–Kier alpha value is -2.27. The van der Waals surface area contributed by atoms with Crippen molar-refractivity contribution < 1.29 is 18.0 Å². The fraction of sp³-hybridized carbons (Fsp3) is 0.467. The van der Waals surface area contributed by atoms with Gasteiger partial charge in [0.05, 0.1) is 28.9 Å². The Morgan fingerprint density at radius 3 is 2.39 bits per heavy atom. The van der Waals surface area contributed by atoms with Crippen LogP contribution in [0.4, 0.5) is 18.9 Å². The summed E-state index contributed by atoms with van der Waals surface area (Å²) in [6, 6.07) is 4.77. The van der Waals surface area contributed by atoms with Crippen LogP contribution in [0, 0.1) is 11.3 Å². The number of carbonyl (C=O) groups is 1. The second-order valence-electron chi connectivity index (χ2n) is 5.44. The quantitative estimate of drug-likeness (QED) is 0.915. The fourth-order valence-electron chi connectivity index (χ4n) is 2.63. The predicted octanol–water partition coefficient (Wildman–Crippen LogP) is 1.57. The molecule has 1 aliphatic heterocycles. The van der Waals surface area contributed by atoms with E-state index < -0.39 is 23.7 Å². The van der Waals surface area contributed by atoms with Gasteiger partial charge >= 0.3 is 6.18 Å². The molecular formula is C15H17F3N4O. The molecule has 5 nitrogen and oxygen atoms in total. The molecule has 0 bridgehead atoms. The normalized spacial score (nSPS) is 17.6. The highest BCUT2D eigenvalue weighted by Crippen LogP contribution is 2.37. The number of anilines is 1. The van der Waals surface area contributed by atoms with E-state index in [9.17, 15) is 18.0 Å². The van der Waals surface area contributed by atoms with Crippen molar-refractivity contribution >= 4 is 11.6 Å². The van der Waals surface area contributed by atoms with Crippen LogP contribution < -0.4 is 10.6 Å². The average Bonchev–Trinajstić information content (AvgIpc) is 2.52. The fourth-order valence-corrected chi connectivity index (χ4v) is 2.63. The van der Waals surface area contributed by atoms with Crippen molar-refractivity contribution in [3.63, 3.8) is 0 Å². The topological polar surface area (TPSA) is 73.4 Å². The summed E-state index contributed by atoms with van der Waals surface area (Å²) in [5.74, 6) is -0.457. The summed E-state index contributed by atoms with van der Waals surface area (Å²) in [6.45, 7) is 3.19. The van der Waals surface area contributed by atoms with Crippen LogP contribution in [-0.2, 0) is 11.0 Å². The van der Waals surface area contributed by atoms with Gasteiger partial charge in [0, 0.05) is 26.2 Å². The SMILES string of the molecule is C[C@H](C(N)=O)N1CCN(c2cc(C#N)ccc2C(F)(F)F)CC1. The van der Waals surface area contributed by atoms with Gasteiger partial charge in [-0.2, -0.15) is 18.4 Å². The van der Waals surface area contributed by atoms with E-state index in [1.165, 1.54) is 6.07 Å². The monoisotopic (exact) mass is 326 g/mol. The van der Waals surface area contributed by atoms with Gasteiger partial charge < -0.3 is 10.6 Å². The molecule has 1 fully saturated rings. The summed E-state index contributed by atoms with van der Waals surface area (Å²) in [5, 5.41) is 8.92. The second-order valence-corrected chi connectivity index (χ2v) is 5.44. The average molecular weight is 326 g/mol. The number of benzene rings is 1. The maximum atomic E-state index is 13.2. The number of hydrogen-bond acceptors (Lipinski definition) is 4. The molecular weight excluding hydrogens is 309 g/mol.